The first-order chi connectivity index (χ1) is 8.56. The molecule has 0 radical (unpaired) electrons. The van der Waals surface area contributed by atoms with Gasteiger partial charge in [0.2, 0.25) is 5.95 Å². The van der Waals surface area contributed by atoms with Crippen LogP contribution in [0.15, 0.2) is 35.1 Å². The van der Waals surface area contributed by atoms with Crippen molar-refractivity contribution in [2.45, 2.75) is 19.9 Å². The maximum Gasteiger partial charge on any atom is 0.222 e. The fourth-order valence-electron chi connectivity index (χ4n) is 1.52. The Morgan fingerprint density at radius 2 is 1.89 bits per heavy atom. The van der Waals surface area contributed by atoms with Crippen molar-refractivity contribution < 1.29 is 4.39 Å². The van der Waals surface area contributed by atoms with E-state index in [2.05, 4.69) is 31.2 Å². The Balaban J connectivity index is 2.31. The van der Waals surface area contributed by atoms with Gasteiger partial charge in [0, 0.05) is 34.0 Å². The van der Waals surface area contributed by atoms with Crippen LogP contribution in [0.2, 0.25) is 0 Å². The van der Waals surface area contributed by atoms with Crippen LogP contribution in [0.1, 0.15) is 13.8 Å². The van der Waals surface area contributed by atoms with E-state index < -0.39 is 0 Å². The number of rotatable bonds is 3. The molecule has 0 saturated carbocycles. The lowest BCUT2D eigenvalue weighted by atomic mass is 10.1. The number of hydrogen-bond donors (Lipinski definition) is 1. The summed E-state index contributed by atoms with van der Waals surface area (Å²) in [5, 5.41) is 3.08. The van der Waals surface area contributed by atoms with Crippen molar-refractivity contribution in [2.75, 3.05) is 5.32 Å². The van der Waals surface area contributed by atoms with E-state index in [9.17, 15) is 4.39 Å². The molecule has 0 unspecified atom stereocenters. The molecular weight excluding hydrogens is 297 g/mol. The van der Waals surface area contributed by atoms with Gasteiger partial charge in [0.1, 0.15) is 5.82 Å². The molecule has 0 aliphatic heterocycles. The van der Waals surface area contributed by atoms with E-state index in [0.717, 1.165) is 4.47 Å². The van der Waals surface area contributed by atoms with E-state index >= 15 is 0 Å². The Bertz CT molecular complexity index is 540. The van der Waals surface area contributed by atoms with Gasteiger partial charge in [-0.05, 0) is 32.0 Å². The molecule has 2 rings (SSSR count). The lowest BCUT2D eigenvalue weighted by Gasteiger charge is -2.08. The van der Waals surface area contributed by atoms with Crippen LogP contribution in [-0.2, 0) is 0 Å². The van der Waals surface area contributed by atoms with Gasteiger partial charge in [-0.3, -0.25) is 0 Å². The highest BCUT2D eigenvalue weighted by Gasteiger charge is 2.07. The fourth-order valence-corrected chi connectivity index (χ4v) is 1.88. The van der Waals surface area contributed by atoms with E-state index in [1.165, 1.54) is 6.07 Å². The molecule has 0 amide bonds. The third-order valence-corrected chi connectivity index (χ3v) is 2.80. The molecule has 0 atom stereocenters. The molecule has 0 spiro atoms. The van der Waals surface area contributed by atoms with Crippen molar-refractivity contribution in [1.82, 2.24) is 9.97 Å². The number of anilines is 1. The predicted molar refractivity (Wildman–Crippen MR) is 73.9 cm³/mol. The van der Waals surface area contributed by atoms with Crippen molar-refractivity contribution in [3.63, 3.8) is 0 Å². The molecule has 0 fully saturated rings. The molecule has 1 aromatic carbocycles. The van der Waals surface area contributed by atoms with E-state index in [0.29, 0.717) is 17.1 Å². The predicted octanol–water partition coefficient (Wildman–Crippen LogP) is 3.87. The molecule has 1 aromatic heterocycles. The first-order valence-corrected chi connectivity index (χ1v) is 6.39. The normalized spacial score (nSPS) is 10.7. The molecular formula is C13H13BrFN3. The summed E-state index contributed by atoms with van der Waals surface area (Å²) < 4.78 is 14.5. The van der Waals surface area contributed by atoms with Gasteiger partial charge in [0.25, 0.3) is 0 Å². The SMILES string of the molecule is CC(C)Nc1ncc(-c2cc(Br)ccc2F)cn1. The largest absolute Gasteiger partial charge is 0.352 e. The van der Waals surface area contributed by atoms with Gasteiger partial charge in [-0.25, -0.2) is 14.4 Å². The second kappa shape index (κ2) is 5.44. The Morgan fingerprint density at radius 3 is 2.50 bits per heavy atom. The zero-order valence-electron chi connectivity index (χ0n) is 10.1. The highest BCUT2D eigenvalue weighted by atomic mass is 79.9. The minimum atomic E-state index is -0.286. The molecule has 0 saturated heterocycles. The highest BCUT2D eigenvalue weighted by molar-refractivity contribution is 9.10. The molecule has 0 aliphatic carbocycles. The lowest BCUT2D eigenvalue weighted by Crippen LogP contribution is -2.12. The Labute approximate surface area is 114 Å². The maximum atomic E-state index is 13.7. The smallest absolute Gasteiger partial charge is 0.222 e. The van der Waals surface area contributed by atoms with Crippen molar-refractivity contribution in [2.24, 2.45) is 0 Å². The zero-order chi connectivity index (χ0) is 13.1. The van der Waals surface area contributed by atoms with Crippen LogP contribution >= 0.6 is 15.9 Å². The number of hydrogen-bond acceptors (Lipinski definition) is 3. The summed E-state index contributed by atoms with van der Waals surface area (Å²) in [5.74, 6) is 0.260. The topological polar surface area (TPSA) is 37.8 Å². The van der Waals surface area contributed by atoms with Gasteiger partial charge in [0.05, 0.1) is 0 Å². The Hall–Kier alpha value is -1.49. The molecule has 18 heavy (non-hydrogen) atoms. The van der Waals surface area contributed by atoms with E-state index in [1.54, 1.807) is 24.5 Å². The van der Waals surface area contributed by atoms with Crippen molar-refractivity contribution in [3.8, 4) is 11.1 Å². The number of benzene rings is 1. The standard InChI is InChI=1S/C13H13BrFN3/c1-8(2)18-13-16-6-9(7-17-13)11-5-10(14)3-4-12(11)15/h3-8H,1-2H3,(H,16,17,18). The first kappa shape index (κ1) is 13.0. The van der Waals surface area contributed by atoms with Gasteiger partial charge < -0.3 is 5.32 Å². The van der Waals surface area contributed by atoms with Gasteiger partial charge in [-0.2, -0.15) is 0 Å². The van der Waals surface area contributed by atoms with Gasteiger partial charge in [-0.1, -0.05) is 15.9 Å². The molecule has 0 aliphatic rings. The highest BCUT2D eigenvalue weighted by Crippen LogP contribution is 2.25. The molecule has 5 heteroatoms. The fraction of sp³-hybridized carbons (Fsp3) is 0.231. The van der Waals surface area contributed by atoms with Crippen molar-refractivity contribution in [1.29, 1.82) is 0 Å². The Kier molecular flexibility index (Phi) is 3.91. The van der Waals surface area contributed by atoms with Crippen LogP contribution in [0.4, 0.5) is 10.3 Å². The summed E-state index contributed by atoms with van der Waals surface area (Å²) in [6.45, 7) is 4.01. The molecule has 0 bridgehead atoms. The summed E-state index contributed by atoms with van der Waals surface area (Å²) in [6.07, 6.45) is 3.23. The number of nitrogens with one attached hydrogen (secondary N) is 1. The van der Waals surface area contributed by atoms with Crippen LogP contribution in [0.3, 0.4) is 0 Å². The van der Waals surface area contributed by atoms with Crippen molar-refractivity contribution >= 4 is 21.9 Å². The summed E-state index contributed by atoms with van der Waals surface area (Å²) in [7, 11) is 0. The molecule has 94 valence electrons. The minimum Gasteiger partial charge on any atom is -0.352 e. The van der Waals surface area contributed by atoms with Crippen LogP contribution in [0, 0.1) is 5.82 Å². The van der Waals surface area contributed by atoms with Gasteiger partial charge >= 0.3 is 0 Å². The van der Waals surface area contributed by atoms with Crippen LogP contribution in [0.25, 0.3) is 11.1 Å². The van der Waals surface area contributed by atoms with Crippen molar-refractivity contribution in [3.05, 3.63) is 40.9 Å². The first-order valence-electron chi connectivity index (χ1n) is 5.60. The quantitative estimate of drug-likeness (QED) is 0.935. The van der Waals surface area contributed by atoms with Crippen LogP contribution in [0.5, 0.6) is 0 Å². The van der Waals surface area contributed by atoms with Gasteiger partial charge in [-0.15, -0.1) is 0 Å². The van der Waals surface area contributed by atoms with E-state index in [-0.39, 0.29) is 11.9 Å². The molecule has 3 nitrogen and oxygen atoms in total. The number of aromatic nitrogens is 2. The second-order valence-corrected chi connectivity index (χ2v) is 5.13. The second-order valence-electron chi connectivity index (χ2n) is 4.22. The summed E-state index contributed by atoms with van der Waals surface area (Å²) >= 11 is 3.32. The Morgan fingerprint density at radius 1 is 1.22 bits per heavy atom. The third-order valence-electron chi connectivity index (χ3n) is 2.31. The zero-order valence-corrected chi connectivity index (χ0v) is 11.7. The van der Waals surface area contributed by atoms with Crippen LogP contribution < -0.4 is 5.32 Å². The molecule has 1 N–H and O–H groups in total. The average Bonchev–Trinajstić information content (AvgIpc) is 2.33. The minimum absolute atomic E-state index is 0.262. The maximum absolute atomic E-state index is 13.7. The lowest BCUT2D eigenvalue weighted by molar-refractivity contribution is 0.631. The van der Waals surface area contributed by atoms with E-state index in [4.69, 9.17) is 0 Å². The monoisotopic (exact) mass is 309 g/mol. The number of halogens is 2. The number of nitrogens with zero attached hydrogens (tertiary/aromatic N) is 2. The summed E-state index contributed by atoms with van der Waals surface area (Å²) in [6, 6.07) is 5.05. The summed E-state index contributed by atoms with van der Waals surface area (Å²) in [4.78, 5) is 8.32. The summed E-state index contributed by atoms with van der Waals surface area (Å²) in [5.41, 5.74) is 1.14. The van der Waals surface area contributed by atoms with Crippen LogP contribution in [-0.4, -0.2) is 16.0 Å². The molecule has 1 heterocycles. The van der Waals surface area contributed by atoms with E-state index in [1.807, 2.05) is 13.8 Å². The average molecular weight is 310 g/mol. The molecule has 2 aromatic rings. The third kappa shape index (κ3) is 3.04. The van der Waals surface area contributed by atoms with Gasteiger partial charge in [0.15, 0.2) is 0 Å².